The molecule has 2 aliphatic rings. The number of ether oxygens (including phenoxy) is 2. The van der Waals surface area contributed by atoms with E-state index in [-0.39, 0.29) is 24.1 Å². The minimum atomic E-state index is -0.711. The molecule has 152 valence electrons. The summed E-state index contributed by atoms with van der Waals surface area (Å²) in [7, 11) is 0. The van der Waals surface area contributed by atoms with E-state index in [0.29, 0.717) is 39.1 Å². The molecule has 2 N–H and O–H groups in total. The van der Waals surface area contributed by atoms with Gasteiger partial charge in [-0.15, -0.1) is 0 Å². The van der Waals surface area contributed by atoms with Crippen LogP contribution in [0.3, 0.4) is 0 Å². The van der Waals surface area contributed by atoms with Crippen LogP contribution in [-0.2, 0) is 4.84 Å². The average molecular weight is 426 g/mol. The summed E-state index contributed by atoms with van der Waals surface area (Å²) >= 11 is 6.29. The Bertz CT molecular complexity index is 1170. The van der Waals surface area contributed by atoms with Gasteiger partial charge in [-0.25, -0.2) is 4.79 Å². The lowest BCUT2D eigenvalue weighted by Gasteiger charge is -2.05. The van der Waals surface area contributed by atoms with Crippen LogP contribution >= 0.6 is 11.6 Å². The van der Waals surface area contributed by atoms with E-state index in [2.05, 4.69) is 10.3 Å². The van der Waals surface area contributed by atoms with Gasteiger partial charge in [-0.1, -0.05) is 40.1 Å². The fourth-order valence-corrected chi connectivity index (χ4v) is 3.43. The first-order valence-corrected chi connectivity index (χ1v) is 9.69. The largest absolute Gasteiger partial charge is 0.454 e. The Balaban J connectivity index is 1.44. The second-order valence-electron chi connectivity index (χ2n) is 6.95. The molecule has 1 aliphatic heterocycles. The number of fused-ring (bicyclic) bond motifs is 1. The Morgan fingerprint density at radius 3 is 2.77 bits per heavy atom. The third kappa shape index (κ3) is 3.35. The Morgan fingerprint density at radius 1 is 1.17 bits per heavy atom. The number of halogens is 1. The summed E-state index contributed by atoms with van der Waals surface area (Å²) in [4.78, 5) is 18.1. The van der Waals surface area contributed by atoms with Crippen molar-refractivity contribution in [3.05, 3.63) is 64.4 Å². The van der Waals surface area contributed by atoms with E-state index in [1.807, 2.05) is 0 Å². The van der Waals surface area contributed by atoms with Crippen molar-refractivity contribution in [2.75, 3.05) is 6.79 Å². The van der Waals surface area contributed by atoms with E-state index in [4.69, 9.17) is 36.2 Å². The molecule has 1 aliphatic carbocycles. The molecule has 9 heteroatoms. The first-order chi connectivity index (χ1) is 14.6. The molecular formula is C21H16ClN3O5. The van der Waals surface area contributed by atoms with Crippen LogP contribution in [0.1, 0.15) is 40.4 Å². The van der Waals surface area contributed by atoms with Crippen molar-refractivity contribution in [3.8, 4) is 22.8 Å². The smallest absolute Gasteiger partial charge is 0.371 e. The first kappa shape index (κ1) is 18.5. The van der Waals surface area contributed by atoms with Crippen molar-refractivity contribution in [2.45, 2.75) is 18.8 Å². The molecule has 0 amide bonds. The Hall–Kier alpha value is -3.52. The Kier molecular flexibility index (Phi) is 4.55. The van der Waals surface area contributed by atoms with Gasteiger partial charge < -0.3 is 24.6 Å². The van der Waals surface area contributed by atoms with Crippen molar-refractivity contribution < 1.29 is 23.6 Å². The third-order valence-electron chi connectivity index (χ3n) is 4.89. The molecule has 30 heavy (non-hydrogen) atoms. The fourth-order valence-electron chi connectivity index (χ4n) is 3.21. The molecule has 0 radical (unpaired) electrons. The maximum atomic E-state index is 12.9. The number of benzene rings is 2. The molecule has 0 bridgehead atoms. The van der Waals surface area contributed by atoms with Gasteiger partial charge in [0, 0.05) is 17.0 Å². The second kappa shape index (κ2) is 7.38. The minimum absolute atomic E-state index is 0.0189. The van der Waals surface area contributed by atoms with Crippen molar-refractivity contribution >= 4 is 23.4 Å². The summed E-state index contributed by atoms with van der Waals surface area (Å²) in [6.45, 7) is 0.146. The Labute approximate surface area is 176 Å². The zero-order chi connectivity index (χ0) is 20.7. The highest BCUT2D eigenvalue weighted by atomic mass is 35.5. The zero-order valence-electron chi connectivity index (χ0n) is 15.6. The molecule has 0 unspecified atom stereocenters. The predicted molar refractivity (Wildman–Crippen MR) is 108 cm³/mol. The molecule has 2 aromatic carbocycles. The van der Waals surface area contributed by atoms with E-state index >= 15 is 0 Å². The highest BCUT2D eigenvalue weighted by molar-refractivity contribution is 6.33. The van der Waals surface area contributed by atoms with Gasteiger partial charge in [0.05, 0.1) is 5.02 Å². The number of nitrogens with two attached hydrogens (primary N) is 1. The van der Waals surface area contributed by atoms with Crippen LogP contribution in [0.15, 0.2) is 52.1 Å². The van der Waals surface area contributed by atoms with Crippen LogP contribution in [0.4, 0.5) is 0 Å². The van der Waals surface area contributed by atoms with Crippen molar-refractivity contribution in [1.29, 1.82) is 0 Å². The summed E-state index contributed by atoms with van der Waals surface area (Å²) in [6, 6.07) is 12.1. The Morgan fingerprint density at radius 2 is 1.97 bits per heavy atom. The summed E-state index contributed by atoms with van der Waals surface area (Å²) in [5.41, 5.74) is 7.64. The van der Waals surface area contributed by atoms with Gasteiger partial charge in [-0.2, -0.15) is 0 Å². The third-order valence-corrected chi connectivity index (χ3v) is 5.22. The number of carbonyl (C=O) groups is 1. The number of oxime groups is 1. The number of hydrogen-bond donors (Lipinski definition) is 1. The highest BCUT2D eigenvalue weighted by Crippen LogP contribution is 2.45. The van der Waals surface area contributed by atoms with Gasteiger partial charge in [0.15, 0.2) is 23.1 Å². The minimum Gasteiger partial charge on any atom is -0.454 e. The van der Waals surface area contributed by atoms with Crippen LogP contribution in [0.2, 0.25) is 5.02 Å². The number of carbonyl (C=O) groups excluding carboxylic acids is 1. The van der Waals surface area contributed by atoms with Gasteiger partial charge in [0.1, 0.15) is 11.3 Å². The number of aromatic nitrogens is 1. The molecule has 0 saturated heterocycles. The van der Waals surface area contributed by atoms with Crippen molar-refractivity contribution in [1.82, 2.24) is 5.16 Å². The van der Waals surface area contributed by atoms with Gasteiger partial charge >= 0.3 is 5.97 Å². The molecule has 1 fully saturated rings. The zero-order valence-corrected chi connectivity index (χ0v) is 16.4. The van der Waals surface area contributed by atoms with E-state index < -0.39 is 5.97 Å². The number of amidine groups is 1. The second-order valence-corrected chi connectivity index (χ2v) is 7.36. The molecule has 1 aromatic heterocycles. The lowest BCUT2D eigenvalue weighted by molar-refractivity contribution is 0.0514. The van der Waals surface area contributed by atoms with Gasteiger partial charge in [-0.05, 0) is 37.1 Å². The SMILES string of the molecule is N/C(=N/OC(=O)c1c(-c2ccccc2Cl)noc1C1CC1)c1ccc2c(c1)OCO2. The fraction of sp³-hybridized carbons (Fsp3) is 0.190. The summed E-state index contributed by atoms with van der Waals surface area (Å²) in [5.74, 6) is 1.08. The van der Waals surface area contributed by atoms with Crippen LogP contribution in [0.25, 0.3) is 11.3 Å². The van der Waals surface area contributed by atoms with Crippen molar-refractivity contribution in [2.24, 2.45) is 10.9 Å². The van der Waals surface area contributed by atoms with E-state index in [0.717, 1.165) is 12.8 Å². The van der Waals surface area contributed by atoms with Crippen LogP contribution < -0.4 is 15.2 Å². The summed E-state index contributed by atoms with van der Waals surface area (Å²) < 4.78 is 16.1. The van der Waals surface area contributed by atoms with Gasteiger partial charge in [0.25, 0.3) is 0 Å². The molecule has 0 spiro atoms. The van der Waals surface area contributed by atoms with Crippen molar-refractivity contribution in [3.63, 3.8) is 0 Å². The van der Waals surface area contributed by atoms with E-state index in [1.54, 1.807) is 42.5 Å². The maximum Gasteiger partial charge on any atom is 0.371 e. The van der Waals surface area contributed by atoms with Crippen LogP contribution in [0.5, 0.6) is 11.5 Å². The first-order valence-electron chi connectivity index (χ1n) is 9.31. The molecule has 2 heterocycles. The topological polar surface area (TPSA) is 109 Å². The lowest BCUT2D eigenvalue weighted by atomic mass is 10.0. The van der Waals surface area contributed by atoms with Crippen LogP contribution in [0, 0.1) is 0 Å². The average Bonchev–Trinajstić information content (AvgIpc) is 3.33. The van der Waals surface area contributed by atoms with Gasteiger partial charge in [-0.3, -0.25) is 0 Å². The summed E-state index contributed by atoms with van der Waals surface area (Å²) in [6.07, 6.45) is 1.83. The maximum absolute atomic E-state index is 12.9. The highest BCUT2D eigenvalue weighted by Gasteiger charge is 2.36. The molecule has 0 atom stereocenters. The molecule has 8 nitrogen and oxygen atoms in total. The molecule has 3 aromatic rings. The number of nitrogens with zero attached hydrogens (tertiary/aromatic N) is 2. The quantitative estimate of drug-likeness (QED) is 0.284. The van der Waals surface area contributed by atoms with Crippen LogP contribution in [-0.4, -0.2) is 23.8 Å². The number of hydrogen-bond acceptors (Lipinski definition) is 7. The van der Waals surface area contributed by atoms with Gasteiger partial charge in [0.2, 0.25) is 6.79 Å². The molecular weight excluding hydrogens is 410 g/mol. The normalized spacial score (nSPS) is 15.3. The standard InChI is InChI=1S/C21H16ClN3O5/c22-14-4-2-1-3-13(14)18-17(19(29-24-18)11-5-6-11)21(26)30-25-20(23)12-7-8-15-16(9-12)28-10-27-15/h1-4,7-9,11H,5-6,10H2,(H2,23,25). The number of rotatable bonds is 5. The molecule has 5 rings (SSSR count). The molecule has 1 saturated carbocycles. The monoisotopic (exact) mass is 425 g/mol. The predicted octanol–water partition coefficient (Wildman–Crippen LogP) is 4.08. The van der Waals surface area contributed by atoms with E-state index in [1.165, 1.54) is 0 Å². The summed E-state index contributed by atoms with van der Waals surface area (Å²) in [5, 5.41) is 8.33. The lowest BCUT2D eigenvalue weighted by Crippen LogP contribution is -2.15. The van der Waals surface area contributed by atoms with E-state index in [9.17, 15) is 4.79 Å².